The first-order valence-electron chi connectivity index (χ1n) is 10.1. The summed E-state index contributed by atoms with van der Waals surface area (Å²) >= 11 is 0. The van der Waals surface area contributed by atoms with Crippen LogP contribution in [0.1, 0.15) is 71.0 Å². The van der Waals surface area contributed by atoms with Gasteiger partial charge in [-0.25, -0.2) is 14.4 Å². The Morgan fingerprint density at radius 1 is 1.12 bits per heavy atom. The third-order valence-electron chi connectivity index (χ3n) is 5.52. The van der Waals surface area contributed by atoms with E-state index in [1.807, 2.05) is 0 Å². The van der Waals surface area contributed by atoms with Gasteiger partial charge in [0.05, 0.1) is 30.2 Å². The lowest BCUT2D eigenvalue weighted by Crippen LogP contribution is -2.32. The Morgan fingerprint density at radius 2 is 1.94 bits per heavy atom. The predicted molar refractivity (Wildman–Crippen MR) is 102 cm³/mol. The number of nitrogens with zero attached hydrogens (tertiary/aromatic N) is 4. The summed E-state index contributed by atoms with van der Waals surface area (Å²) in [5, 5.41) is 2.65. The van der Waals surface area contributed by atoms with Crippen LogP contribution in [0.5, 0.6) is 0 Å². The van der Waals surface area contributed by atoms with Gasteiger partial charge in [0.15, 0.2) is 11.5 Å². The average molecular weight is 447 g/mol. The number of aryl methyl sites for hydroxylation is 1. The molecular formula is C21H17F4N5O2. The Bertz CT molecular complexity index is 1190. The molecule has 1 N–H and O–H groups in total. The number of hydrogen-bond donors (Lipinski definition) is 1. The lowest BCUT2D eigenvalue weighted by Gasteiger charge is -2.21. The molecule has 32 heavy (non-hydrogen) atoms. The first-order valence-corrected chi connectivity index (χ1v) is 10.1. The van der Waals surface area contributed by atoms with Crippen molar-refractivity contribution in [2.75, 3.05) is 0 Å². The standard InChI is InChI=1S/C21H17F4N5O2/c22-12-7-27-14(10-4-5-10)6-11(12)20-30-18-13(2-1-3-16(18)32-20)29-19(31)15-8-26-9-17(28-15)21(23,24)25/h6-10,13H,1-5H2,(H,29,31)/t13-/m0/s1. The van der Waals surface area contributed by atoms with Gasteiger partial charge in [-0.1, -0.05) is 0 Å². The molecule has 2 aliphatic carbocycles. The highest BCUT2D eigenvalue weighted by Gasteiger charge is 2.34. The van der Waals surface area contributed by atoms with Crippen molar-refractivity contribution in [3.8, 4) is 11.5 Å². The molecule has 0 bridgehead atoms. The third-order valence-corrected chi connectivity index (χ3v) is 5.52. The van der Waals surface area contributed by atoms with Crippen LogP contribution in [-0.2, 0) is 12.6 Å². The Balaban J connectivity index is 1.41. The summed E-state index contributed by atoms with van der Waals surface area (Å²) in [6, 6.07) is 1.03. The Morgan fingerprint density at radius 3 is 2.69 bits per heavy atom. The Hall–Kier alpha value is -3.37. The third kappa shape index (κ3) is 3.94. The fourth-order valence-corrected chi connectivity index (χ4v) is 3.74. The van der Waals surface area contributed by atoms with Gasteiger partial charge in [0, 0.05) is 18.0 Å². The van der Waals surface area contributed by atoms with E-state index < -0.39 is 35.3 Å². The van der Waals surface area contributed by atoms with E-state index in [9.17, 15) is 22.4 Å². The zero-order valence-electron chi connectivity index (χ0n) is 16.6. The fraction of sp³-hybridized carbons (Fsp3) is 0.381. The van der Waals surface area contributed by atoms with Crippen molar-refractivity contribution in [2.45, 2.75) is 50.2 Å². The lowest BCUT2D eigenvalue weighted by atomic mass is 9.96. The molecule has 1 saturated carbocycles. The van der Waals surface area contributed by atoms with Crippen molar-refractivity contribution >= 4 is 5.91 Å². The highest BCUT2D eigenvalue weighted by molar-refractivity contribution is 5.92. The Labute approximate surface area is 179 Å². The molecule has 0 aromatic carbocycles. The van der Waals surface area contributed by atoms with E-state index in [0.29, 0.717) is 42.8 Å². The molecule has 1 fully saturated rings. The second-order valence-electron chi connectivity index (χ2n) is 7.90. The second kappa shape index (κ2) is 7.64. The molecule has 7 nitrogen and oxygen atoms in total. The quantitative estimate of drug-likeness (QED) is 0.597. The van der Waals surface area contributed by atoms with Crippen LogP contribution in [-0.4, -0.2) is 25.8 Å². The molecule has 1 amide bonds. The number of fused-ring (bicyclic) bond motifs is 1. The molecule has 166 valence electrons. The summed E-state index contributed by atoms with van der Waals surface area (Å²) in [7, 11) is 0. The number of rotatable bonds is 4. The van der Waals surface area contributed by atoms with E-state index in [1.54, 1.807) is 6.07 Å². The normalized spacial score (nSPS) is 18.3. The molecule has 0 saturated heterocycles. The summed E-state index contributed by atoms with van der Waals surface area (Å²) in [5.74, 6) is -0.447. The maximum absolute atomic E-state index is 14.4. The molecule has 0 unspecified atom stereocenters. The van der Waals surface area contributed by atoms with Crippen LogP contribution in [0.4, 0.5) is 17.6 Å². The van der Waals surface area contributed by atoms with Crippen LogP contribution in [0.15, 0.2) is 29.1 Å². The number of pyridine rings is 1. The zero-order valence-corrected chi connectivity index (χ0v) is 16.6. The van der Waals surface area contributed by atoms with E-state index in [4.69, 9.17) is 4.42 Å². The number of halogens is 4. The van der Waals surface area contributed by atoms with Gasteiger partial charge < -0.3 is 9.73 Å². The molecular weight excluding hydrogens is 430 g/mol. The highest BCUT2D eigenvalue weighted by Crippen LogP contribution is 2.41. The minimum atomic E-state index is -4.71. The highest BCUT2D eigenvalue weighted by atomic mass is 19.4. The summed E-state index contributed by atoms with van der Waals surface area (Å²) < 4.78 is 58.9. The van der Waals surface area contributed by atoms with Gasteiger partial charge in [-0.2, -0.15) is 13.2 Å². The van der Waals surface area contributed by atoms with Gasteiger partial charge in [0.25, 0.3) is 5.91 Å². The molecule has 11 heteroatoms. The first kappa shape index (κ1) is 20.5. The molecule has 0 aliphatic heterocycles. The number of alkyl halides is 3. The first-order chi connectivity index (χ1) is 15.3. The van der Waals surface area contributed by atoms with Crippen LogP contribution < -0.4 is 5.32 Å². The van der Waals surface area contributed by atoms with Crippen LogP contribution in [0.25, 0.3) is 11.5 Å². The number of nitrogens with one attached hydrogen (secondary N) is 1. The molecule has 3 aromatic rings. The van der Waals surface area contributed by atoms with Crippen molar-refractivity contribution in [3.05, 3.63) is 59.0 Å². The van der Waals surface area contributed by atoms with Crippen LogP contribution >= 0.6 is 0 Å². The smallest absolute Gasteiger partial charge is 0.434 e. The van der Waals surface area contributed by atoms with E-state index in [1.165, 1.54) is 0 Å². The van der Waals surface area contributed by atoms with E-state index >= 15 is 0 Å². The van der Waals surface area contributed by atoms with Crippen molar-refractivity contribution in [1.82, 2.24) is 25.3 Å². The fourth-order valence-electron chi connectivity index (χ4n) is 3.74. The van der Waals surface area contributed by atoms with E-state index in [2.05, 4.69) is 25.3 Å². The molecule has 5 rings (SSSR count). The number of hydrogen-bond acceptors (Lipinski definition) is 6. The molecule has 3 heterocycles. The Kier molecular flexibility index (Phi) is 4.90. The molecule has 0 radical (unpaired) electrons. The summed E-state index contributed by atoms with van der Waals surface area (Å²) in [6.07, 6.45) is 1.69. The van der Waals surface area contributed by atoms with Crippen molar-refractivity contribution in [3.63, 3.8) is 0 Å². The van der Waals surface area contributed by atoms with Gasteiger partial charge in [0.1, 0.15) is 17.1 Å². The largest absolute Gasteiger partial charge is 0.441 e. The molecule has 1 atom stereocenters. The van der Waals surface area contributed by atoms with Crippen molar-refractivity contribution < 1.29 is 26.8 Å². The van der Waals surface area contributed by atoms with Crippen LogP contribution in [0.2, 0.25) is 0 Å². The topological polar surface area (TPSA) is 93.8 Å². The monoisotopic (exact) mass is 447 g/mol. The lowest BCUT2D eigenvalue weighted by molar-refractivity contribution is -0.141. The average Bonchev–Trinajstić information content (AvgIpc) is 3.52. The van der Waals surface area contributed by atoms with Gasteiger partial charge in [-0.15, -0.1) is 0 Å². The van der Waals surface area contributed by atoms with Crippen molar-refractivity contribution in [2.24, 2.45) is 0 Å². The van der Waals surface area contributed by atoms with Gasteiger partial charge in [-0.3, -0.25) is 14.8 Å². The maximum Gasteiger partial charge on any atom is 0.434 e. The van der Waals surface area contributed by atoms with Gasteiger partial charge in [-0.05, 0) is 31.7 Å². The molecule has 2 aliphatic rings. The van der Waals surface area contributed by atoms with Crippen LogP contribution in [0.3, 0.4) is 0 Å². The van der Waals surface area contributed by atoms with Crippen LogP contribution in [0, 0.1) is 5.82 Å². The van der Waals surface area contributed by atoms with Gasteiger partial charge in [0.2, 0.25) is 5.89 Å². The minimum Gasteiger partial charge on any atom is -0.441 e. The van der Waals surface area contributed by atoms with Gasteiger partial charge >= 0.3 is 6.18 Å². The minimum absolute atomic E-state index is 0.0943. The summed E-state index contributed by atoms with van der Waals surface area (Å²) in [5.41, 5.74) is -0.290. The SMILES string of the molecule is O=C(N[C@H]1CCCc2oc(-c3cc(C4CC4)ncc3F)nc21)c1cncc(C(F)(F)F)n1. The molecule has 3 aromatic heterocycles. The number of carbonyl (C=O) groups excluding carboxylic acids is 1. The maximum atomic E-state index is 14.4. The summed E-state index contributed by atoms with van der Waals surface area (Å²) in [4.78, 5) is 27.9. The number of aromatic nitrogens is 4. The van der Waals surface area contributed by atoms with Crippen molar-refractivity contribution in [1.29, 1.82) is 0 Å². The van der Waals surface area contributed by atoms with E-state index in [-0.39, 0.29) is 11.5 Å². The number of amides is 1. The summed E-state index contributed by atoms with van der Waals surface area (Å²) in [6.45, 7) is 0. The second-order valence-corrected chi connectivity index (χ2v) is 7.90. The molecule has 0 spiro atoms. The van der Waals surface area contributed by atoms with E-state index in [0.717, 1.165) is 30.9 Å². The predicted octanol–water partition coefficient (Wildman–Crippen LogP) is 4.37. The zero-order chi connectivity index (χ0) is 22.5. The number of carbonyl (C=O) groups is 1. The number of oxazole rings is 1.